The summed E-state index contributed by atoms with van der Waals surface area (Å²) < 4.78 is 37.0. The second-order valence-corrected chi connectivity index (χ2v) is 3.55. The van der Waals surface area contributed by atoms with E-state index in [1.165, 1.54) is 6.07 Å². The molecule has 1 aromatic rings. The summed E-state index contributed by atoms with van der Waals surface area (Å²) in [6.45, 7) is 5.30. The number of rotatable bonds is 0. The van der Waals surface area contributed by atoms with Crippen LogP contribution in [0.4, 0.5) is 13.2 Å². The first-order valence-electron chi connectivity index (χ1n) is 3.14. The van der Waals surface area contributed by atoms with Crippen molar-refractivity contribution in [2.75, 3.05) is 0 Å². The van der Waals surface area contributed by atoms with Gasteiger partial charge in [0.2, 0.25) is 0 Å². The molecular formula is C8H3BrClF3. The predicted octanol–water partition coefficient (Wildman–Crippen LogP) is 4.18. The van der Waals surface area contributed by atoms with Gasteiger partial charge < -0.3 is 0 Å². The molecule has 0 aliphatic carbocycles. The lowest BCUT2D eigenvalue weighted by atomic mass is 10.1. The maximum Gasteiger partial charge on any atom is 0.417 e. The van der Waals surface area contributed by atoms with Crippen molar-refractivity contribution < 1.29 is 13.2 Å². The minimum Gasteiger partial charge on any atom is -0.166 e. The molecule has 1 rings (SSSR count). The largest absolute Gasteiger partial charge is 0.417 e. The van der Waals surface area contributed by atoms with Crippen LogP contribution in [-0.2, 0) is 6.18 Å². The fraction of sp³-hybridized carbons (Fsp3) is 0.125. The van der Waals surface area contributed by atoms with Crippen molar-refractivity contribution >= 4 is 27.5 Å². The van der Waals surface area contributed by atoms with Gasteiger partial charge in [0, 0.05) is 11.4 Å². The molecule has 0 aliphatic heterocycles. The third kappa shape index (κ3) is 2.17. The van der Waals surface area contributed by atoms with Crippen molar-refractivity contribution in [3.63, 3.8) is 0 Å². The van der Waals surface area contributed by atoms with Crippen LogP contribution in [0.5, 0.6) is 0 Å². The molecule has 0 atom stereocenters. The molecule has 0 fully saturated rings. The molecule has 0 N–H and O–H groups in total. The van der Waals surface area contributed by atoms with E-state index in [0.29, 0.717) is 4.47 Å². The third-order valence-corrected chi connectivity index (χ3v) is 2.53. The monoisotopic (exact) mass is 270 g/mol. The van der Waals surface area contributed by atoms with Crippen LogP contribution in [0.3, 0.4) is 0 Å². The fourth-order valence-corrected chi connectivity index (χ4v) is 1.50. The SMILES string of the molecule is [CH]c1c(Br)ccc(C(F)(F)F)c1Cl. The van der Waals surface area contributed by atoms with Gasteiger partial charge in [-0.25, -0.2) is 0 Å². The fourth-order valence-electron chi connectivity index (χ4n) is 0.788. The minimum atomic E-state index is -4.47. The molecule has 0 aliphatic rings. The van der Waals surface area contributed by atoms with Gasteiger partial charge in [0.25, 0.3) is 0 Å². The van der Waals surface area contributed by atoms with Gasteiger partial charge in [-0.15, -0.1) is 0 Å². The summed E-state index contributed by atoms with van der Waals surface area (Å²) in [5.41, 5.74) is -1.02. The third-order valence-electron chi connectivity index (χ3n) is 1.43. The maximum absolute atomic E-state index is 12.2. The smallest absolute Gasteiger partial charge is 0.166 e. The average molecular weight is 271 g/mol. The molecule has 0 saturated heterocycles. The topological polar surface area (TPSA) is 0 Å². The van der Waals surface area contributed by atoms with Crippen LogP contribution in [-0.4, -0.2) is 0 Å². The number of alkyl halides is 3. The number of hydrogen-bond donors (Lipinski definition) is 0. The highest BCUT2D eigenvalue weighted by Gasteiger charge is 2.33. The standard InChI is InChI=1S/C8H3BrClF3/c1-4-6(9)3-2-5(7(4)10)8(11,12)13/h1-3H. The summed E-state index contributed by atoms with van der Waals surface area (Å²) >= 11 is 8.38. The summed E-state index contributed by atoms with van der Waals surface area (Å²) in [5, 5.41) is -0.470. The molecule has 13 heavy (non-hydrogen) atoms. The molecule has 0 bridgehead atoms. The van der Waals surface area contributed by atoms with Gasteiger partial charge >= 0.3 is 6.18 Å². The van der Waals surface area contributed by atoms with Gasteiger partial charge in [0.05, 0.1) is 10.6 Å². The van der Waals surface area contributed by atoms with Gasteiger partial charge in [-0.3, -0.25) is 0 Å². The second-order valence-electron chi connectivity index (χ2n) is 2.32. The van der Waals surface area contributed by atoms with Crippen LogP contribution < -0.4 is 0 Å². The zero-order valence-corrected chi connectivity index (χ0v) is 8.46. The number of halogens is 5. The van der Waals surface area contributed by atoms with Crippen LogP contribution in [0.15, 0.2) is 16.6 Å². The Morgan fingerprint density at radius 1 is 1.31 bits per heavy atom. The first kappa shape index (κ1) is 10.9. The van der Waals surface area contributed by atoms with E-state index in [1.54, 1.807) is 0 Å². The predicted molar refractivity (Wildman–Crippen MR) is 47.6 cm³/mol. The zero-order valence-electron chi connectivity index (χ0n) is 6.12. The Bertz CT molecular complexity index is 333. The molecule has 70 valence electrons. The highest BCUT2D eigenvalue weighted by atomic mass is 79.9. The summed E-state index contributed by atoms with van der Waals surface area (Å²) in [4.78, 5) is 0. The Morgan fingerprint density at radius 3 is 2.31 bits per heavy atom. The maximum atomic E-state index is 12.2. The summed E-state index contributed by atoms with van der Waals surface area (Å²) in [6, 6.07) is 2.09. The second kappa shape index (κ2) is 3.50. The molecule has 0 amide bonds. The molecule has 0 spiro atoms. The van der Waals surface area contributed by atoms with Gasteiger partial charge in [-0.2, -0.15) is 13.2 Å². The van der Waals surface area contributed by atoms with Crippen molar-refractivity contribution in [2.24, 2.45) is 0 Å². The van der Waals surface area contributed by atoms with Crippen LogP contribution >= 0.6 is 27.5 Å². The Hall–Kier alpha value is -0.220. The van der Waals surface area contributed by atoms with E-state index in [0.717, 1.165) is 6.07 Å². The molecule has 0 saturated carbocycles. The van der Waals surface area contributed by atoms with E-state index in [9.17, 15) is 13.2 Å². The Kier molecular flexibility index (Phi) is 2.92. The summed E-state index contributed by atoms with van der Waals surface area (Å²) in [5.74, 6) is 0. The molecule has 0 heterocycles. The van der Waals surface area contributed by atoms with E-state index < -0.39 is 16.8 Å². The van der Waals surface area contributed by atoms with Crippen molar-refractivity contribution in [1.29, 1.82) is 0 Å². The zero-order chi connectivity index (χ0) is 10.2. The van der Waals surface area contributed by atoms with Crippen molar-refractivity contribution in [1.82, 2.24) is 0 Å². The lowest BCUT2D eigenvalue weighted by Crippen LogP contribution is -2.06. The van der Waals surface area contributed by atoms with Gasteiger partial charge in [0.15, 0.2) is 0 Å². The van der Waals surface area contributed by atoms with Crippen LogP contribution in [0.1, 0.15) is 11.1 Å². The Balaban J connectivity index is 3.35. The lowest BCUT2D eigenvalue weighted by Gasteiger charge is -2.11. The van der Waals surface area contributed by atoms with Crippen molar-refractivity contribution in [3.05, 3.63) is 39.7 Å². The molecule has 0 nitrogen and oxygen atoms in total. The van der Waals surface area contributed by atoms with E-state index in [1.807, 2.05) is 0 Å². The molecule has 1 aromatic carbocycles. The molecule has 2 radical (unpaired) electrons. The highest BCUT2D eigenvalue weighted by molar-refractivity contribution is 9.10. The number of hydrogen-bond acceptors (Lipinski definition) is 0. The average Bonchev–Trinajstić information content (AvgIpc) is 1.98. The Morgan fingerprint density at radius 2 is 1.85 bits per heavy atom. The first-order chi connectivity index (χ1) is 5.84. The van der Waals surface area contributed by atoms with Crippen molar-refractivity contribution in [3.8, 4) is 0 Å². The van der Waals surface area contributed by atoms with Gasteiger partial charge in [-0.05, 0) is 17.7 Å². The lowest BCUT2D eigenvalue weighted by molar-refractivity contribution is -0.137. The van der Waals surface area contributed by atoms with Crippen molar-refractivity contribution in [2.45, 2.75) is 6.18 Å². The summed E-state index contributed by atoms with van der Waals surface area (Å²) in [7, 11) is 0. The van der Waals surface area contributed by atoms with E-state index in [4.69, 9.17) is 18.5 Å². The quantitative estimate of drug-likeness (QED) is 0.664. The van der Waals surface area contributed by atoms with Gasteiger partial charge in [-0.1, -0.05) is 27.5 Å². The minimum absolute atomic E-state index is 0.100. The molecule has 5 heteroatoms. The van der Waals surface area contributed by atoms with Crippen LogP contribution in [0, 0.1) is 6.92 Å². The van der Waals surface area contributed by atoms with E-state index in [2.05, 4.69) is 15.9 Å². The van der Waals surface area contributed by atoms with Gasteiger partial charge in [0.1, 0.15) is 0 Å². The van der Waals surface area contributed by atoms with E-state index in [-0.39, 0.29) is 5.56 Å². The van der Waals surface area contributed by atoms with Crippen LogP contribution in [0.2, 0.25) is 5.02 Å². The molecule has 0 unspecified atom stereocenters. The Labute approximate surface area is 86.8 Å². The first-order valence-corrected chi connectivity index (χ1v) is 4.32. The summed E-state index contributed by atoms with van der Waals surface area (Å²) in [6.07, 6.45) is -4.47. The molecular weight excluding hydrogens is 268 g/mol. The highest BCUT2D eigenvalue weighted by Crippen LogP contribution is 2.38. The number of benzene rings is 1. The van der Waals surface area contributed by atoms with Crippen LogP contribution in [0.25, 0.3) is 0 Å². The van der Waals surface area contributed by atoms with E-state index >= 15 is 0 Å². The normalized spacial score (nSPS) is 11.8. The molecule has 0 aromatic heterocycles.